The number of hydrogen-bond acceptors (Lipinski definition) is 2. The molecule has 0 spiro atoms. The van der Waals surface area contributed by atoms with E-state index in [0.29, 0.717) is 11.9 Å². The minimum Gasteiger partial charge on any atom is -0.370 e. The Morgan fingerprint density at radius 3 is 2.74 bits per heavy atom. The molecule has 0 atom stereocenters. The monoisotopic (exact) mass is 313 g/mol. The molecule has 0 aliphatic rings. The quantitative estimate of drug-likeness (QED) is 0.469. The van der Waals surface area contributed by atoms with Crippen LogP contribution < -0.4 is 11.1 Å². The normalized spacial score (nSPS) is 11.9. The molecule has 5 heteroatoms. The van der Waals surface area contributed by atoms with Gasteiger partial charge in [0.05, 0.1) is 11.4 Å². The van der Waals surface area contributed by atoms with Gasteiger partial charge in [0.25, 0.3) is 0 Å². The Kier molecular flexibility index (Phi) is 6.20. The summed E-state index contributed by atoms with van der Waals surface area (Å²) in [5.74, 6) is 1.07. The first-order valence-corrected chi connectivity index (χ1v) is 8.20. The molecule has 0 aliphatic heterocycles. The van der Waals surface area contributed by atoms with E-state index in [4.69, 9.17) is 5.73 Å². The van der Waals surface area contributed by atoms with E-state index in [-0.39, 0.29) is 0 Å². The molecule has 0 saturated carbocycles. The maximum absolute atomic E-state index is 5.83. The van der Waals surface area contributed by atoms with Gasteiger partial charge in [-0.15, -0.1) is 0 Å². The topological polar surface area (TPSA) is 68.2 Å². The van der Waals surface area contributed by atoms with Crippen molar-refractivity contribution < 1.29 is 0 Å². The van der Waals surface area contributed by atoms with Crippen molar-refractivity contribution in [3.63, 3.8) is 0 Å². The number of nitrogens with one attached hydrogen (secondary N) is 1. The number of nitrogens with zero attached hydrogens (tertiary/aromatic N) is 3. The van der Waals surface area contributed by atoms with Gasteiger partial charge >= 0.3 is 0 Å². The van der Waals surface area contributed by atoms with Gasteiger partial charge in [-0.2, -0.15) is 5.10 Å². The van der Waals surface area contributed by atoms with Crippen molar-refractivity contribution in [2.75, 3.05) is 13.1 Å². The minimum atomic E-state index is 0.529. The molecule has 2 aromatic rings. The lowest BCUT2D eigenvalue weighted by atomic mass is 10.1. The summed E-state index contributed by atoms with van der Waals surface area (Å²) in [6.07, 6.45) is 4.09. The molecule has 3 N–H and O–H groups in total. The van der Waals surface area contributed by atoms with Crippen LogP contribution in [0.5, 0.6) is 0 Å². The number of hydrogen-bond donors (Lipinski definition) is 2. The summed E-state index contributed by atoms with van der Waals surface area (Å²) in [5, 5.41) is 7.76. The highest BCUT2D eigenvalue weighted by Gasteiger charge is 2.06. The standard InChI is InChI=1S/C18H27N5/c1-14(2)12-21-18(19)20-11-7-8-16-13-23(22-15(16)3)17-9-5-4-6-10-17/h4-6,9-10,13-14H,7-8,11-12H2,1-3H3,(H3,19,20,21). The lowest BCUT2D eigenvalue weighted by molar-refractivity contribution is 0.659. The third-order valence-corrected chi connectivity index (χ3v) is 3.58. The smallest absolute Gasteiger partial charge is 0.188 e. The van der Waals surface area contributed by atoms with E-state index in [2.05, 4.69) is 54.5 Å². The fourth-order valence-corrected chi connectivity index (χ4v) is 2.29. The first-order chi connectivity index (χ1) is 11.1. The van der Waals surface area contributed by atoms with Gasteiger partial charge in [-0.1, -0.05) is 32.0 Å². The zero-order valence-corrected chi connectivity index (χ0v) is 14.3. The summed E-state index contributed by atoms with van der Waals surface area (Å²) in [4.78, 5) is 4.30. The average molecular weight is 313 g/mol. The second kappa shape index (κ2) is 8.36. The Hall–Kier alpha value is -2.30. The van der Waals surface area contributed by atoms with Crippen LogP contribution in [0.15, 0.2) is 41.5 Å². The molecular formula is C18H27N5. The molecule has 124 valence electrons. The molecule has 0 radical (unpaired) electrons. The van der Waals surface area contributed by atoms with E-state index in [9.17, 15) is 0 Å². The molecule has 5 nitrogen and oxygen atoms in total. The molecule has 0 amide bonds. The highest BCUT2D eigenvalue weighted by molar-refractivity contribution is 5.77. The van der Waals surface area contributed by atoms with Crippen molar-refractivity contribution in [1.82, 2.24) is 15.1 Å². The number of benzene rings is 1. The van der Waals surface area contributed by atoms with Crippen molar-refractivity contribution in [3.05, 3.63) is 47.8 Å². The van der Waals surface area contributed by atoms with Gasteiger partial charge < -0.3 is 11.1 Å². The molecule has 0 aliphatic carbocycles. The number of guanidine groups is 1. The predicted octanol–water partition coefficient (Wildman–Crippen LogP) is 2.67. The van der Waals surface area contributed by atoms with E-state index in [1.165, 1.54) is 5.56 Å². The Bertz CT molecular complexity index is 628. The Balaban J connectivity index is 1.83. The van der Waals surface area contributed by atoms with Gasteiger partial charge in [0, 0.05) is 19.3 Å². The van der Waals surface area contributed by atoms with Crippen molar-refractivity contribution in [1.29, 1.82) is 0 Å². The highest BCUT2D eigenvalue weighted by Crippen LogP contribution is 2.13. The molecule has 1 heterocycles. The Labute approximate surface area is 138 Å². The second-order valence-corrected chi connectivity index (χ2v) is 6.17. The lowest BCUT2D eigenvalue weighted by Gasteiger charge is -2.06. The third-order valence-electron chi connectivity index (χ3n) is 3.58. The number of nitrogens with two attached hydrogens (primary N) is 1. The number of rotatable bonds is 7. The largest absolute Gasteiger partial charge is 0.370 e. The van der Waals surface area contributed by atoms with Crippen LogP contribution in [0.1, 0.15) is 31.5 Å². The predicted molar refractivity (Wildman–Crippen MR) is 96.0 cm³/mol. The zero-order chi connectivity index (χ0) is 16.7. The van der Waals surface area contributed by atoms with Gasteiger partial charge in [0.2, 0.25) is 0 Å². The fourth-order valence-electron chi connectivity index (χ4n) is 2.29. The molecular weight excluding hydrogens is 286 g/mol. The molecule has 0 saturated heterocycles. The third kappa shape index (κ3) is 5.43. The van der Waals surface area contributed by atoms with E-state index in [1.807, 2.05) is 22.9 Å². The van der Waals surface area contributed by atoms with E-state index >= 15 is 0 Å². The average Bonchev–Trinajstić information content (AvgIpc) is 2.91. The Morgan fingerprint density at radius 1 is 1.30 bits per heavy atom. The van der Waals surface area contributed by atoms with Crippen LogP contribution in [0, 0.1) is 12.8 Å². The molecule has 1 aromatic heterocycles. The second-order valence-electron chi connectivity index (χ2n) is 6.17. The summed E-state index contributed by atoms with van der Waals surface area (Å²) in [6, 6.07) is 10.2. The summed E-state index contributed by atoms with van der Waals surface area (Å²) < 4.78 is 1.94. The summed E-state index contributed by atoms with van der Waals surface area (Å²) in [5.41, 5.74) is 9.27. The van der Waals surface area contributed by atoms with E-state index in [1.54, 1.807) is 0 Å². The van der Waals surface area contributed by atoms with Crippen LogP contribution >= 0.6 is 0 Å². The summed E-state index contributed by atoms with van der Waals surface area (Å²) in [6.45, 7) is 7.90. The number of aryl methyl sites for hydroxylation is 2. The Morgan fingerprint density at radius 2 is 2.04 bits per heavy atom. The number of aliphatic imine (C=N–C) groups is 1. The fraction of sp³-hybridized carbons (Fsp3) is 0.444. The van der Waals surface area contributed by atoms with Crippen molar-refractivity contribution in [2.45, 2.75) is 33.6 Å². The van der Waals surface area contributed by atoms with E-state index < -0.39 is 0 Å². The summed E-state index contributed by atoms with van der Waals surface area (Å²) in [7, 11) is 0. The SMILES string of the molecule is Cc1nn(-c2ccccc2)cc1CCCNC(N)=NCC(C)C. The van der Waals surface area contributed by atoms with Crippen LogP contribution in [0.25, 0.3) is 5.69 Å². The number of aromatic nitrogens is 2. The summed E-state index contributed by atoms with van der Waals surface area (Å²) >= 11 is 0. The highest BCUT2D eigenvalue weighted by atomic mass is 15.3. The van der Waals surface area contributed by atoms with Crippen molar-refractivity contribution >= 4 is 5.96 Å². The van der Waals surface area contributed by atoms with Gasteiger partial charge in [-0.3, -0.25) is 4.99 Å². The maximum Gasteiger partial charge on any atom is 0.188 e. The van der Waals surface area contributed by atoms with Gasteiger partial charge in [0.15, 0.2) is 5.96 Å². The number of para-hydroxylation sites is 1. The van der Waals surface area contributed by atoms with Crippen LogP contribution in [-0.2, 0) is 6.42 Å². The van der Waals surface area contributed by atoms with Gasteiger partial charge in [0.1, 0.15) is 0 Å². The van der Waals surface area contributed by atoms with Gasteiger partial charge in [-0.25, -0.2) is 4.68 Å². The minimum absolute atomic E-state index is 0.529. The molecule has 0 bridgehead atoms. The molecule has 23 heavy (non-hydrogen) atoms. The lowest BCUT2D eigenvalue weighted by Crippen LogP contribution is -2.33. The molecule has 2 rings (SSSR count). The van der Waals surface area contributed by atoms with E-state index in [0.717, 1.165) is 37.3 Å². The first kappa shape index (κ1) is 17.1. The van der Waals surface area contributed by atoms with Crippen LogP contribution in [0.3, 0.4) is 0 Å². The van der Waals surface area contributed by atoms with Crippen LogP contribution in [0.4, 0.5) is 0 Å². The molecule has 1 aromatic carbocycles. The van der Waals surface area contributed by atoms with Gasteiger partial charge in [-0.05, 0) is 43.4 Å². The first-order valence-electron chi connectivity index (χ1n) is 8.20. The molecule has 0 unspecified atom stereocenters. The zero-order valence-electron chi connectivity index (χ0n) is 14.3. The van der Waals surface area contributed by atoms with Crippen LogP contribution in [-0.4, -0.2) is 28.8 Å². The van der Waals surface area contributed by atoms with Crippen molar-refractivity contribution in [3.8, 4) is 5.69 Å². The van der Waals surface area contributed by atoms with Crippen LogP contribution in [0.2, 0.25) is 0 Å². The van der Waals surface area contributed by atoms with Crippen molar-refractivity contribution in [2.24, 2.45) is 16.6 Å². The maximum atomic E-state index is 5.83. The molecule has 0 fully saturated rings.